The molecule has 2 N–H and O–H groups in total. The monoisotopic (exact) mass is 228 g/mol. The van der Waals surface area contributed by atoms with Gasteiger partial charge in [0.05, 0.1) is 17.1 Å². The van der Waals surface area contributed by atoms with E-state index in [1.807, 2.05) is 28.8 Å². The van der Waals surface area contributed by atoms with Crippen molar-refractivity contribution in [1.82, 2.24) is 9.38 Å². The van der Waals surface area contributed by atoms with Crippen LogP contribution in [0, 0.1) is 0 Å². The summed E-state index contributed by atoms with van der Waals surface area (Å²) in [6, 6.07) is 9.19. The number of H-pyrrole nitrogens is 1. The van der Waals surface area contributed by atoms with Crippen LogP contribution in [0.2, 0.25) is 0 Å². The summed E-state index contributed by atoms with van der Waals surface area (Å²) in [7, 11) is 0. The van der Waals surface area contributed by atoms with Crippen LogP contribution in [0.5, 0.6) is 0 Å². The Morgan fingerprint density at radius 1 is 1.29 bits per heavy atom. The predicted octanol–water partition coefficient (Wildman–Crippen LogP) is 1.83. The number of aromatic amines is 1. The maximum Gasteiger partial charge on any atom is 0.272 e. The van der Waals surface area contributed by atoms with Crippen LogP contribution >= 0.6 is 0 Å². The molecule has 0 saturated carbocycles. The molecule has 0 aliphatic heterocycles. The topological polar surface area (TPSA) is 57.5 Å². The first-order chi connectivity index (χ1) is 8.16. The molecule has 4 nitrogen and oxygen atoms in total. The van der Waals surface area contributed by atoms with Crippen molar-refractivity contribution >= 4 is 16.6 Å². The quantitative estimate of drug-likeness (QED) is 0.667. The van der Waals surface area contributed by atoms with Crippen LogP contribution in [-0.2, 0) is 0 Å². The number of hydrogen-bond acceptors (Lipinski definition) is 2. The van der Waals surface area contributed by atoms with Crippen molar-refractivity contribution in [2.24, 2.45) is 0 Å². The van der Waals surface area contributed by atoms with Crippen LogP contribution in [-0.4, -0.2) is 14.5 Å². The highest BCUT2D eigenvalue weighted by Crippen LogP contribution is 2.18. The van der Waals surface area contributed by atoms with Gasteiger partial charge in [0, 0.05) is 6.20 Å². The van der Waals surface area contributed by atoms with Gasteiger partial charge in [0.1, 0.15) is 5.52 Å². The number of aliphatic hydroxyl groups excluding tert-OH is 1. The summed E-state index contributed by atoms with van der Waals surface area (Å²) in [5, 5.41) is 9.53. The summed E-state index contributed by atoms with van der Waals surface area (Å²) in [5.74, 6) is 0. The van der Waals surface area contributed by atoms with Gasteiger partial charge in [-0.1, -0.05) is 6.07 Å². The lowest BCUT2D eigenvalue weighted by Crippen LogP contribution is -2.09. The molecule has 86 valence electrons. The molecule has 0 fully saturated rings. The van der Waals surface area contributed by atoms with Crippen molar-refractivity contribution in [3.8, 4) is 0 Å². The van der Waals surface area contributed by atoms with Crippen LogP contribution in [0.1, 0.15) is 18.6 Å². The van der Waals surface area contributed by atoms with Crippen LogP contribution in [0.15, 0.2) is 41.3 Å². The average molecular weight is 228 g/mol. The lowest BCUT2D eigenvalue weighted by molar-refractivity contribution is 0.199. The maximum absolute atomic E-state index is 11.8. The fourth-order valence-corrected chi connectivity index (χ4v) is 2.09. The summed E-state index contributed by atoms with van der Waals surface area (Å²) in [5.41, 5.74) is 2.96. The Bertz CT molecular complexity index is 753. The fourth-order valence-electron chi connectivity index (χ4n) is 2.09. The second-order valence-corrected chi connectivity index (χ2v) is 4.17. The summed E-state index contributed by atoms with van der Waals surface area (Å²) < 4.78 is 1.85. The molecule has 4 heteroatoms. The molecule has 1 aromatic carbocycles. The standard InChI is InChI=1S/C13H12N2O2/c1-8(16)9-4-5-11-10(7-9)14-13(17)12-3-2-6-15(11)12/h2-8,16H,1H3,(H,14,17). The van der Waals surface area contributed by atoms with E-state index < -0.39 is 6.10 Å². The highest BCUT2D eigenvalue weighted by molar-refractivity contribution is 5.79. The SMILES string of the molecule is CC(O)c1ccc2c(c1)[nH]c(=O)c1cccn12. The molecule has 0 saturated heterocycles. The van der Waals surface area contributed by atoms with Crippen molar-refractivity contribution < 1.29 is 5.11 Å². The van der Waals surface area contributed by atoms with Crippen LogP contribution in [0.3, 0.4) is 0 Å². The van der Waals surface area contributed by atoms with Crippen molar-refractivity contribution in [1.29, 1.82) is 0 Å². The van der Waals surface area contributed by atoms with E-state index in [2.05, 4.69) is 4.98 Å². The summed E-state index contributed by atoms with van der Waals surface area (Å²) in [6.07, 6.45) is 1.32. The van der Waals surface area contributed by atoms with Crippen molar-refractivity contribution in [2.75, 3.05) is 0 Å². The van der Waals surface area contributed by atoms with Gasteiger partial charge in [0.25, 0.3) is 5.56 Å². The Balaban J connectivity index is 2.46. The second kappa shape index (κ2) is 3.46. The number of nitrogens with one attached hydrogen (secondary N) is 1. The zero-order chi connectivity index (χ0) is 12.0. The summed E-state index contributed by atoms with van der Waals surface area (Å²) >= 11 is 0. The number of rotatable bonds is 1. The number of benzene rings is 1. The molecular formula is C13H12N2O2. The van der Waals surface area contributed by atoms with Crippen LogP contribution in [0.4, 0.5) is 0 Å². The molecule has 2 heterocycles. The number of nitrogens with zero attached hydrogens (tertiary/aromatic N) is 1. The lowest BCUT2D eigenvalue weighted by Gasteiger charge is -2.07. The van der Waals surface area contributed by atoms with Gasteiger partial charge in [0.15, 0.2) is 0 Å². The minimum absolute atomic E-state index is 0.120. The molecule has 3 aromatic rings. The summed E-state index contributed by atoms with van der Waals surface area (Å²) in [4.78, 5) is 14.6. The van der Waals surface area contributed by atoms with E-state index in [1.165, 1.54) is 0 Å². The van der Waals surface area contributed by atoms with Crippen LogP contribution in [0.25, 0.3) is 16.6 Å². The van der Waals surface area contributed by atoms with E-state index in [4.69, 9.17) is 0 Å². The second-order valence-electron chi connectivity index (χ2n) is 4.17. The summed E-state index contributed by atoms with van der Waals surface area (Å²) in [6.45, 7) is 1.70. The first-order valence-corrected chi connectivity index (χ1v) is 5.48. The predicted molar refractivity (Wildman–Crippen MR) is 66.2 cm³/mol. The van der Waals surface area contributed by atoms with Crippen molar-refractivity contribution in [3.63, 3.8) is 0 Å². The highest BCUT2D eigenvalue weighted by Gasteiger charge is 2.06. The minimum Gasteiger partial charge on any atom is -0.389 e. The van der Waals surface area contributed by atoms with E-state index in [1.54, 1.807) is 19.1 Å². The van der Waals surface area contributed by atoms with Gasteiger partial charge in [-0.05, 0) is 36.8 Å². The third-order valence-corrected chi connectivity index (χ3v) is 2.99. The smallest absolute Gasteiger partial charge is 0.272 e. The minimum atomic E-state index is -0.539. The lowest BCUT2D eigenvalue weighted by atomic mass is 10.1. The molecule has 3 rings (SSSR count). The first kappa shape index (κ1) is 10.1. The van der Waals surface area contributed by atoms with Gasteiger partial charge in [-0.2, -0.15) is 0 Å². The van der Waals surface area contributed by atoms with E-state index in [0.717, 1.165) is 16.6 Å². The third kappa shape index (κ3) is 1.45. The largest absolute Gasteiger partial charge is 0.389 e. The van der Waals surface area contributed by atoms with E-state index in [-0.39, 0.29) is 5.56 Å². The Labute approximate surface area is 97.1 Å². The van der Waals surface area contributed by atoms with Gasteiger partial charge in [-0.25, -0.2) is 0 Å². The molecule has 0 spiro atoms. The third-order valence-electron chi connectivity index (χ3n) is 2.99. The zero-order valence-electron chi connectivity index (χ0n) is 9.34. The molecule has 0 aliphatic rings. The Hall–Kier alpha value is -2.07. The van der Waals surface area contributed by atoms with E-state index in [9.17, 15) is 9.90 Å². The number of aliphatic hydroxyl groups is 1. The van der Waals surface area contributed by atoms with E-state index >= 15 is 0 Å². The first-order valence-electron chi connectivity index (χ1n) is 5.48. The number of fused-ring (bicyclic) bond motifs is 3. The molecule has 17 heavy (non-hydrogen) atoms. The molecule has 0 amide bonds. The molecule has 1 atom stereocenters. The molecule has 1 unspecified atom stereocenters. The van der Waals surface area contributed by atoms with Gasteiger partial charge in [-0.15, -0.1) is 0 Å². The Kier molecular flexibility index (Phi) is 2.06. The van der Waals surface area contributed by atoms with Gasteiger partial charge < -0.3 is 14.5 Å². The van der Waals surface area contributed by atoms with Gasteiger partial charge in [-0.3, -0.25) is 4.79 Å². The molecule has 0 bridgehead atoms. The van der Waals surface area contributed by atoms with Crippen LogP contribution < -0.4 is 5.56 Å². The number of aromatic nitrogens is 2. The van der Waals surface area contributed by atoms with Gasteiger partial charge in [0.2, 0.25) is 0 Å². The molecular weight excluding hydrogens is 216 g/mol. The van der Waals surface area contributed by atoms with Crippen molar-refractivity contribution in [3.05, 3.63) is 52.4 Å². The normalized spacial score (nSPS) is 13.3. The Morgan fingerprint density at radius 3 is 2.88 bits per heavy atom. The highest BCUT2D eigenvalue weighted by atomic mass is 16.3. The number of hydrogen-bond donors (Lipinski definition) is 2. The van der Waals surface area contributed by atoms with Gasteiger partial charge >= 0.3 is 0 Å². The fraction of sp³-hybridized carbons (Fsp3) is 0.154. The molecule has 0 radical (unpaired) electrons. The molecule has 2 aromatic heterocycles. The zero-order valence-corrected chi connectivity index (χ0v) is 9.34. The molecule has 0 aliphatic carbocycles. The van der Waals surface area contributed by atoms with Crippen molar-refractivity contribution in [2.45, 2.75) is 13.0 Å². The average Bonchev–Trinajstić information content (AvgIpc) is 2.78. The maximum atomic E-state index is 11.8. The van der Waals surface area contributed by atoms with E-state index in [0.29, 0.717) is 5.52 Å². The Morgan fingerprint density at radius 2 is 2.12 bits per heavy atom.